The first-order chi connectivity index (χ1) is 15.8. The summed E-state index contributed by atoms with van der Waals surface area (Å²) in [4.78, 5) is 29.3. The number of benzene rings is 2. The fourth-order valence-corrected chi connectivity index (χ4v) is 3.98. The first-order valence-corrected chi connectivity index (χ1v) is 10.5. The number of anilines is 1. The van der Waals surface area contributed by atoms with Crippen LogP contribution in [0.5, 0.6) is 0 Å². The van der Waals surface area contributed by atoms with Gasteiger partial charge in [-0.3, -0.25) is 14.9 Å². The van der Waals surface area contributed by atoms with Crippen LogP contribution in [0, 0.1) is 11.6 Å². The molecule has 0 aromatic heterocycles. The number of nitrogens with zero attached hydrogens (tertiary/aromatic N) is 2. The lowest BCUT2D eigenvalue weighted by molar-refractivity contribution is -0.135. The molecule has 2 aromatic rings. The number of imide groups is 1. The quantitative estimate of drug-likeness (QED) is 0.342. The summed E-state index contributed by atoms with van der Waals surface area (Å²) in [7, 11) is 0. The molecule has 0 saturated carbocycles. The Morgan fingerprint density at radius 3 is 2.48 bits per heavy atom. The Labute approximate surface area is 188 Å². The van der Waals surface area contributed by atoms with Gasteiger partial charge in [-0.1, -0.05) is 30.3 Å². The van der Waals surface area contributed by atoms with Gasteiger partial charge in [-0.05, 0) is 24.1 Å². The maximum atomic E-state index is 14.7. The number of hydrogen-bond donors (Lipinski definition) is 3. The van der Waals surface area contributed by atoms with Gasteiger partial charge in [0.05, 0.1) is 18.4 Å². The van der Waals surface area contributed by atoms with Gasteiger partial charge in [-0.2, -0.15) is 0 Å². The molecular formula is C23H24F2N5O3+. The lowest BCUT2D eigenvalue weighted by Crippen LogP contribution is -2.51. The molecule has 2 amide bonds. The van der Waals surface area contributed by atoms with Crippen LogP contribution in [0.25, 0.3) is 0 Å². The van der Waals surface area contributed by atoms with Crippen molar-refractivity contribution in [2.45, 2.75) is 31.2 Å². The maximum absolute atomic E-state index is 14.7. The summed E-state index contributed by atoms with van der Waals surface area (Å²) in [5.41, 5.74) is 6.81. The van der Waals surface area contributed by atoms with Gasteiger partial charge in [-0.25, -0.2) is 19.2 Å². The van der Waals surface area contributed by atoms with Crippen LogP contribution >= 0.6 is 0 Å². The van der Waals surface area contributed by atoms with Crippen molar-refractivity contribution in [3.05, 3.63) is 65.2 Å². The molecule has 33 heavy (non-hydrogen) atoms. The average molecular weight is 456 g/mol. The highest BCUT2D eigenvalue weighted by Gasteiger charge is 2.34. The molecule has 8 nitrogen and oxygen atoms in total. The Hall–Kier alpha value is -3.82. The summed E-state index contributed by atoms with van der Waals surface area (Å²) in [5, 5.41) is 8.00. The van der Waals surface area contributed by atoms with Crippen molar-refractivity contribution in [1.82, 2.24) is 5.32 Å². The summed E-state index contributed by atoms with van der Waals surface area (Å²) < 4.78 is 34.8. The largest absolute Gasteiger partial charge is 0.374 e. The molecule has 4 rings (SSSR count). The normalized spacial score (nSPS) is 19.2. The fraction of sp³-hybridized carbons (Fsp3) is 0.304. The second kappa shape index (κ2) is 9.35. The number of halogens is 2. The number of rotatable bonds is 5. The van der Waals surface area contributed by atoms with Gasteiger partial charge in [0.25, 0.3) is 6.02 Å². The molecule has 2 fully saturated rings. The highest BCUT2D eigenvalue weighted by atomic mass is 19.1. The van der Waals surface area contributed by atoms with Crippen LogP contribution in [0.2, 0.25) is 0 Å². The molecule has 1 unspecified atom stereocenters. The third-order valence-corrected chi connectivity index (χ3v) is 5.65. The molecule has 5 N–H and O–H groups in total. The van der Waals surface area contributed by atoms with E-state index in [1.807, 2.05) is 30.3 Å². The number of ether oxygens (including phenoxy) is 1. The van der Waals surface area contributed by atoms with E-state index in [2.05, 4.69) is 10.3 Å². The molecule has 2 aliphatic rings. The maximum Gasteiger partial charge on any atom is 0.345 e. The Morgan fingerprint density at radius 1 is 1.18 bits per heavy atom. The Balaban J connectivity index is 1.34. The van der Waals surface area contributed by atoms with E-state index < -0.39 is 29.4 Å². The van der Waals surface area contributed by atoms with Crippen LogP contribution in [-0.4, -0.2) is 42.9 Å². The molecule has 2 aliphatic heterocycles. The second-order valence-corrected chi connectivity index (χ2v) is 8.08. The minimum Gasteiger partial charge on any atom is -0.374 e. The van der Waals surface area contributed by atoms with E-state index in [1.165, 1.54) is 12.1 Å². The number of piperidine rings is 1. The van der Waals surface area contributed by atoms with E-state index in [-0.39, 0.29) is 36.4 Å². The van der Waals surface area contributed by atoms with E-state index in [0.29, 0.717) is 25.2 Å². The van der Waals surface area contributed by atoms with Gasteiger partial charge in [0.2, 0.25) is 11.8 Å². The Morgan fingerprint density at radius 2 is 1.85 bits per heavy atom. The number of nitrogens with two attached hydrogens (primary N) is 2. The van der Waals surface area contributed by atoms with E-state index in [0.717, 1.165) is 5.56 Å². The van der Waals surface area contributed by atoms with Gasteiger partial charge < -0.3 is 15.4 Å². The lowest BCUT2D eigenvalue weighted by atomic mass is 9.89. The van der Waals surface area contributed by atoms with Crippen molar-refractivity contribution in [2.24, 2.45) is 10.7 Å². The highest BCUT2D eigenvalue weighted by Crippen LogP contribution is 2.33. The molecule has 2 saturated heterocycles. The topological polar surface area (TPSA) is 123 Å². The van der Waals surface area contributed by atoms with Crippen LogP contribution in [0.1, 0.15) is 29.9 Å². The molecule has 0 spiro atoms. The zero-order chi connectivity index (χ0) is 23.5. The third-order valence-electron chi connectivity index (χ3n) is 5.65. The molecule has 0 bridgehead atoms. The van der Waals surface area contributed by atoms with Gasteiger partial charge >= 0.3 is 5.90 Å². The molecule has 2 aromatic carbocycles. The van der Waals surface area contributed by atoms with Gasteiger partial charge in [0.1, 0.15) is 11.6 Å². The summed E-state index contributed by atoms with van der Waals surface area (Å²) in [5.74, 6) is -3.58. The van der Waals surface area contributed by atoms with Crippen molar-refractivity contribution >= 4 is 29.4 Å². The minimum absolute atomic E-state index is 0.0413. The first kappa shape index (κ1) is 22.4. The molecule has 10 heteroatoms. The number of amides is 2. The number of nitrogens with one attached hydrogen (secondary N) is 1. The van der Waals surface area contributed by atoms with Crippen LogP contribution in [-0.2, 0) is 20.7 Å². The van der Waals surface area contributed by atoms with E-state index in [1.54, 1.807) is 4.90 Å². The van der Waals surface area contributed by atoms with E-state index in [4.69, 9.17) is 15.9 Å². The van der Waals surface area contributed by atoms with E-state index >= 15 is 0 Å². The van der Waals surface area contributed by atoms with Gasteiger partial charge in [0, 0.05) is 30.8 Å². The van der Waals surface area contributed by atoms with Crippen LogP contribution in [0.15, 0.2) is 47.5 Å². The molecule has 2 heterocycles. The number of amidine groups is 1. The van der Waals surface area contributed by atoms with Crippen LogP contribution in [0.3, 0.4) is 0 Å². The summed E-state index contributed by atoms with van der Waals surface area (Å²) in [6, 6.07) is 11.6. The van der Waals surface area contributed by atoms with Crippen molar-refractivity contribution < 1.29 is 28.5 Å². The summed E-state index contributed by atoms with van der Waals surface area (Å²) in [6.07, 6.45) is 0.508. The Bertz CT molecular complexity index is 1090. The molecule has 1 atom stereocenters. The molecule has 172 valence electrons. The standard InChI is InChI=1S/C23H23F2N5O3/c24-17-9-15(10-18(25)21(17)16-6-7-20(31)29-22(16)32)30-11-14(12-30)28-23(27)33-19(26)8-13-4-2-1-3-5-13/h1-5,9-10,14,16,26H,6-8,11-12H2,(H2,27,28)(H,29,31,32)/p+1. The first-order valence-electron chi connectivity index (χ1n) is 10.5. The Kier molecular flexibility index (Phi) is 6.34. The summed E-state index contributed by atoms with van der Waals surface area (Å²) in [6.45, 7) is 0.776. The van der Waals surface area contributed by atoms with Gasteiger partial charge in [-0.15, -0.1) is 0 Å². The monoisotopic (exact) mass is 456 g/mol. The van der Waals surface area contributed by atoms with E-state index in [9.17, 15) is 18.4 Å². The smallest absolute Gasteiger partial charge is 0.345 e. The van der Waals surface area contributed by atoms with Crippen molar-refractivity contribution in [3.63, 3.8) is 0 Å². The fourth-order valence-electron chi connectivity index (χ4n) is 3.98. The molecule has 0 aliphatic carbocycles. The predicted molar refractivity (Wildman–Crippen MR) is 117 cm³/mol. The van der Waals surface area contributed by atoms with Crippen molar-refractivity contribution in [3.8, 4) is 0 Å². The zero-order valence-electron chi connectivity index (χ0n) is 17.8. The second-order valence-electron chi connectivity index (χ2n) is 8.08. The SMILES string of the molecule is NC(=NC1CN(c2cc(F)c(C3CCC(=O)NC3=O)c(F)c2)C1)OC(=[NH2+])Cc1ccccc1. The van der Waals surface area contributed by atoms with Gasteiger partial charge in [0.15, 0.2) is 0 Å². The number of hydrogen-bond acceptors (Lipinski definition) is 5. The lowest BCUT2D eigenvalue weighted by Gasteiger charge is -2.39. The van der Waals surface area contributed by atoms with Crippen molar-refractivity contribution in [1.29, 1.82) is 0 Å². The predicted octanol–water partition coefficient (Wildman–Crippen LogP) is 0.405. The summed E-state index contributed by atoms with van der Waals surface area (Å²) >= 11 is 0. The van der Waals surface area contributed by atoms with Crippen molar-refractivity contribution in [2.75, 3.05) is 18.0 Å². The number of carbonyl (C=O) groups excluding carboxylic acids is 2. The van der Waals surface area contributed by atoms with Crippen LogP contribution in [0.4, 0.5) is 14.5 Å². The zero-order valence-corrected chi connectivity index (χ0v) is 17.8. The minimum atomic E-state index is -1.03. The number of aliphatic imine (C=N–C) groups is 1. The highest BCUT2D eigenvalue weighted by molar-refractivity contribution is 6.01. The third kappa shape index (κ3) is 5.16. The molecule has 0 radical (unpaired) electrons. The number of carbonyl (C=O) groups is 2. The van der Waals surface area contributed by atoms with Crippen LogP contribution < -0.4 is 21.4 Å². The average Bonchev–Trinajstić information content (AvgIpc) is 2.72. The molecular weight excluding hydrogens is 432 g/mol.